The number of benzene rings is 2. The van der Waals surface area contributed by atoms with Gasteiger partial charge in [0.1, 0.15) is 0 Å². The lowest BCUT2D eigenvalue weighted by molar-refractivity contribution is 0.170. The van der Waals surface area contributed by atoms with E-state index in [1.165, 1.54) is 0 Å². The van der Waals surface area contributed by atoms with Crippen molar-refractivity contribution in [2.24, 2.45) is 0 Å². The molecule has 0 saturated heterocycles. The highest BCUT2D eigenvalue weighted by atomic mass is 16.7. The highest BCUT2D eigenvalue weighted by Crippen LogP contribution is 2.49. The predicted molar refractivity (Wildman–Crippen MR) is 114 cm³/mol. The Morgan fingerprint density at radius 1 is 0.931 bits per heavy atom. The molecule has 0 N–H and O–H groups in total. The molecule has 29 heavy (non-hydrogen) atoms. The van der Waals surface area contributed by atoms with Gasteiger partial charge in [-0.3, -0.25) is 0 Å². The molecule has 6 heteroatoms. The van der Waals surface area contributed by atoms with Gasteiger partial charge >= 0.3 is 0 Å². The van der Waals surface area contributed by atoms with Crippen LogP contribution in [0.3, 0.4) is 0 Å². The molecule has 1 aliphatic heterocycles. The van der Waals surface area contributed by atoms with Crippen molar-refractivity contribution in [2.45, 2.75) is 13.3 Å². The summed E-state index contributed by atoms with van der Waals surface area (Å²) in [5, 5.41) is 0. The molecule has 0 saturated carbocycles. The lowest BCUT2D eigenvalue weighted by atomic mass is 10.1. The van der Waals surface area contributed by atoms with E-state index in [0.717, 1.165) is 22.6 Å². The maximum Gasteiger partial charge on any atom is 0.231 e. The Bertz CT molecular complexity index is 857. The van der Waals surface area contributed by atoms with E-state index in [4.69, 9.17) is 28.4 Å². The van der Waals surface area contributed by atoms with Gasteiger partial charge in [-0.15, -0.1) is 6.58 Å². The third-order valence-electron chi connectivity index (χ3n) is 4.19. The molecule has 0 radical (unpaired) electrons. The molecule has 6 nitrogen and oxygen atoms in total. The molecule has 0 spiro atoms. The fraction of sp³-hybridized carbons (Fsp3) is 0.304. The standard InChI is InChI=1S/C12H14O4.C11H14O2/c1-4-5-8-6-9-11(16-7-15-9)12(14-3)10(8)13-2;1-4-5-9-6-7-10(12-2)11(8-9)13-3/h4,6H,1,5,7H2,2-3H3;4-8H,1-3H3. The van der Waals surface area contributed by atoms with E-state index in [2.05, 4.69) is 6.58 Å². The van der Waals surface area contributed by atoms with Crippen LogP contribution in [0.1, 0.15) is 18.1 Å². The molecule has 0 aromatic heterocycles. The molecule has 1 heterocycles. The van der Waals surface area contributed by atoms with Gasteiger partial charge in [0.15, 0.2) is 23.0 Å². The second-order valence-electron chi connectivity index (χ2n) is 5.94. The molecule has 3 rings (SSSR count). The zero-order chi connectivity index (χ0) is 21.2. The lowest BCUT2D eigenvalue weighted by Crippen LogP contribution is -1.97. The van der Waals surface area contributed by atoms with E-state index >= 15 is 0 Å². The smallest absolute Gasteiger partial charge is 0.231 e. The SMILES string of the molecule is C=CCc1cc2c(c(OC)c1OC)OCO2.CC=Cc1ccc(OC)c(OC)c1. The maximum atomic E-state index is 5.34. The molecule has 2 aromatic rings. The topological polar surface area (TPSA) is 55.4 Å². The summed E-state index contributed by atoms with van der Waals surface area (Å²) < 4.78 is 31.6. The fourth-order valence-electron chi connectivity index (χ4n) is 2.91. The Morgan fingerprint density at radius 2 is 1.66 bits per heavy atom. The van der Waals surface area contributed by atoms with Gasteiger partial charge in [0.25, 0.3) is 0 Å². The zero-order valence-electron chi connectivity index (χ0n) is 17.6. The molecule has 1 aliphatic rings. The second kappa shape index (κ2) is 10.9. The van der Waals surface area contributed by atoms with E-state index in [-0.39, 0.29) is 6.79 Å². The minimum atomic E-state index is 0.215. The van der Waals surface area contributed by atoms with Crippen molar-refractivity contribution >= 4 is 6.08 Å². The molecule has 0 fully saturated rings. The van der Waals surface area contributed by atoms with Gasteiger partial charge in [-0.2, -0.15) is 0 Å². The average Bonchev–Trinajstić information content (AvgIpc) is 3.21. The third kappa shape index (κ3) is 5.16. The van der Waals surface area contributed by atoms with Crippen molar-refractivity contribution in [3.05, 3.63) is 54.1 Å². The molecular formula is C23H28O6. The van der Waals surface area contributed by atoms with Gasteiger partial charge in [0.2, 0.25) is 18.3 Å². The van der Waals surface area contributed by atoms with Crippen LogP contribution in [0.4, 0.5) is 0 Å². The summed E-state index contributed by atoms with van der Waals surface area (Å²) in [7, 11) is 6.45. The van der Waals surface area contributed by atoms with Crippen LogP contribution in [-0.4, -0.2) is 35.2 Å². The van der Waals surface area contributed by atoms with Crippen LogP contribution in [0.5, 0.6) is 34.5 Å². The van der Waals surface area contributed by atoms with Crippen LogP contribution < -0.4 is 28.4 Å². The minimum Gasteiger partial charge on any atom is -0.493 e. The number of ether oxygens (including phenoxy) is 6. The van der Waals surface area contributed by atoms with E-state index in [1.54, 1.807) is 34.5 Å². The van der Waals surface area contributed by atoms with Crippen LogP contribution in [0.2, 0.25) is 0 Å². The molecule has 0 atom stereocenters. The number of hydrogen-bond donors (Lipinski definition) is 0. The summed E-state index contributed by atoms with van der Waals surface area (Å²) >= 11 is 0. The summed E-state index contributed by atoms with van der Waals surface area (Å²) in [5.41, 5.74) is 2.08. The molecule has 156 valence electrons. The highest BCUT2D eigenvalue weighted by molar-refractivity contribution is 5.64. The average molecular weight is 400 g/mol. The van der Waals surface area contributed by atoms with E-state index in [1.807, 2.05) is 43.3 Å². The van der Waals surface area contributed by atoms with Crippen LogP contribution in [0.25, 0.3) is 6.08 Å². The largest absolute Gasteiger partial charge is 0.493 e. The second-order valence-corrected chi connectivity index (χ2v) is 5.94. The first-order valence-electron chi connectivity index (χ1n) is 9.12. The molecular weight excluding hydrogens is 372 g/mol. The maximum absolute atomic E-state index is 5.34. The van der Waals surface area contributed by atoms with Crippen molar-refractivity contribution in [2.75, 3.05) is 35.2 Å². The summed E-state index contributed by atoms with van der Waals surface area (Å²) in [6, 6.07) is 7.72. The number of hydrogen-bond acceptors (Lipinski definition) is 6. The van der Waals surface area contributed by atoms with Gasteiger partial charge in [-0.25, -0.2) is 0 Å². The minimum absolute atomic E-state index is 0.215. The molecule has 0 aliphatic carbocycles. The van der Waals surface area contributed by atoms with Crippen LogP contribution >= 0.6 is 0 Å². The number of methoxy groups -OCH3 is 4. The summed E-state index contributed by atoms with van der Waals surface area (Å²) in [6.45, 7) is 5.91. The normalized spacial score (nSPS) is 11.5. The molecule has 0 unspecified atom stereocenters. The lowest BCUT2D eigenvalue weighted by Gasteiger charge is -2.13. The van der Waals surface area contributed by atoms with Crippen LogP contribution in [0, 0.1) is 0 Å². The first-order chi connectivity index (χ1) is 14.1. The van der Waals surface area contributed by atoms with Crippen molar-refractivity contribution in [3.63, 3.8) is 0 Å². The van der Waals surface area contributed by atoms with Gasteiger partial charge in [0.05, 0.1) is 28.4 Å². The first kappa shape index (κ1) is 22.0. The first-order valence-corrected chi connectivity index (χ1v) is 9.12. The predicted octanol–water partition coefficient (Wildman–Crippen LogP) is 4.90. The van der Waals surface area contributed by atoms with Crippen molar-refractivity contribution in [1.29, 1.82) is 0 Å². The number of rotatable bonds is 7. The molecule has 2 aromatic carbocycles. The van der Waals surface area contributed by atoms with Crippen LogP contribution in [-0.2, 0) is 6.42 Å². The quantitative estimate of drug-likeness (QED) is 0.617. The van der Waals surface area contributed by atoms with Crippen molar-refractivity contribution in [1.82, 2.24) is 0 Å². The van der Waals surface area contributed by atoms with Crippen molar-refractivity contribution < 1.29 is 28.4 Å². The number of fused-ring (bicyclic) bond motifs is 1. The van der Waals surface area contributed by atoms with Gasteiger partial charge in [0, 0.05) is 5.56 Å². The highest BCUT2D eigenvalue weighted by Gasteiger charge is 2.25. The van der Waals surface area contributed by atoms with Crippen molar-refractivity contribution in [3.8, 4) is 34.5 Å². The Kier molecular flexibility index (Phi) is 8.27. The van der Waals surface area contributed by atoms with E-state index in [9.17, 15) is 0 Å². The summed E-state index contributed by atoms with van der Waals surface area (Å²) in [5.74, 6) is 4.07. The molecule has 0 bridgehead atoms. The molecule has 0 amide bonds. The van der Waals surface area contributed by atoms with Crippen LogP contribution in [0.15, 0.2) is 43.0 Å². The van der Waals surface area contributed by atoms with Gasteiger partial charge < -0.3 is 28.4 Å². The Labute approximate surface area is 172 Å². The fourth-order valence-corrected chi connectivity index (χ4v) is 2.91. The van der Waals surface area contributed by atoms with E-state index in [0.29, 0.717) is 29.4 Å². The number of allylic oxidation sites excluding steroid dienone is 2. The van der Waals surface area contributed by atoms with Gasteiger partial charge in [-0.1, -0.05) is 24.3 Å². The Morgan fingerprint density at radius 3 is 2.24 bits per heavy atom. The third-order valence-corrected chi connectivity index (χ3v) is 4.19. The Balaban J connectivity index is 0.000000212. The Hall–Kier alpha value is -3.28. The monoisotopic (exact) mass is 400 g/mol. The summed E-state index contributed by atoms with van der Waals surface area (Å²) in [6.07, 6.45) is 6.50. The van der Waals surface area contributed by atoms with Gasteiger partial charge in [-0.05, 0) is 37.1 Å². The summed E-state index contributed by atoms with van der Waals surface area (Å²) in [4.78, 5) is 0. The zero-order valence-corrected chi connectivity index (χ0v) is 17.6. The van der Waals surface area contributed by atoms with E-state index < -0.39 is 0 Å².